The molecule has 2 aliphatic rings. The van der Waals surface area contributed by atoms with E-state index in [0.29, 0.717) is 12.8 Å². The second-order valence-electron chi connectivity index (χ2n) is 6.41. The van der Waals surface area contributed by atoms with Crippen LogP contribution >= 0.6 is 0 Å². The van der Waals surface area contributed by atoms with Crippen LogP contribution in [0.4, 0.5) is 0 Å². The van der Waals surface area contributed by atoms with Crippen LogP contribution in [0.25, 0.3) is 0 Å². The van der Waals surface area contributed by atoms with Gasteiger partial charge in [0.05, 0.1) is 6.54 Å². The molecule has 0 aliphatic carbocycles. The maximum atomic E-state index is 12.5. The van der Waals surface area contributed by atoms with E-state index in [4.69, 9.17) is 0 Å². The minimum Gasteiger partial charge on any atom is -0.480 e. The van der Waals surface area contributed by atoms with Gasteiger partial charge >= 0.3 is 5.97 Å². The molecule has 1 N–H and O–H groups in total. The van der Waals surface area contributed by atoms with Gasteiger partial charge in [-0.1, -0.05) is 26.2 Å². The third-order valence-electron chi connectivity index (χ3n) is 4.97. The van der Waals surface area contributed by atoms with Gasteiger partial charge in [-0.2, -0.15) is 0 Å². The zero-order valence-electron chi connectivity index (χ0n) is 13.1. The van der Waals surface area contributed by atoms with Crippen LogP contribution in [-0.4, -0.2) is 58.5 Å². The highest BCUT2D eigenvalue weighted by molar-refractivity contribution is 5.82. The second kappa shape index (κ2) is 7.25. The molecule has 1 amide bonds. The number of carboxylic acids is 1. The van der Waals surface area contributed by atoms with E-state index in [1.807, 2.05) is 16.7 Å². The number of carbonyl (C=O) groups is 2. The summed E-state index contributed by atoms with van der Waals surface area (Å²) in [4.78, 5) is 28.1. The Morgan fingerprint density at radius 2 is 1.71 bits per heavy atom. The van der Waals surface area contributed by atoms with Gasteiger partial charge in [-0.15, -0.1) is 0 Å². The summed E-state index contributed by atoms with van der Waals surface area (Å²) < 4.78 is 0. The van der Waals surface area contributed by atoms with Crippen molar-refractivity contribution >= 4 is 11.9 Å². The molecule has 2 aliphatic heterocycles. The van der Waals surface area contributed by atoms with Crippen LogP contribution in [0.1, 0.15) is 58.3 Å². The highest BCUT2D eigenvalue weighted by Crippen LogP contribution is 2.34. The Balaban J connectivity index is 2.02. The molecule has 2 saturated heterocycles. The zero-order chi connectivity index (χ0) is 15.3. The quantitative estimate of drug-likeness (QED) is 0.844. The molecule has 0 radical (unpaired) electrons. The third kappa shape index (κ3) is 3.57. The van der Waals surface area contributed by atoms with Gasteiger partial charge in [0, 0.05) is 13.1 Å². The van der Waals surface area contributed by atoms with Crippen molar-refractivity contribution < 1.29 is 14.7 Å². The summed E-state index contributed by atoms with van der Waals surface area (Å²) in [5.41, 5.74) is -0.809. The van der Waals surface area contributed by atoms with Gasteiger partial charge in [-0.05, 0) is 38.6 Å². The van der Waals surface area contributed by atoms with Crippen molar-refractivity contribution in [3.8, 4) is 0 Å². The fraction of sp³-hybridized carbons (Fsp3) is 0.875. The minimum absolute atomic E-state index is 0.112. The number of carbonyl (C=O) groups excluding carboxylic acids is 1. The summed E-state index contributed by atoms with van der Waals surface area (Å²) in [5.74, 6) is -0.647. The first-order valence-corrected chi connectivity index (χ1v) is 8.36. The van der Waals surface area contributed by atoms with E-state index < -0.39 is 11.5 Å². The van der Waals surface area contributed by atoms with E-state index in [1.165, 1.54) is 12.8 Å². The molecule has 2 fully saturated rings. The maximum absolute atomic E-state index is 12.5. The van der Waals surface area contributed by atoms with Gasteiger partial charge in [0.2, 0.25) is 5.91 Å². The molecule has 0 aromatic carbocycles. The monoisotopic (exact) mass is 296 g/mol. The van der Waals surface area contributed by atoms with Gasteiger partial charge in [-0.25, -0.2) is 0 Å². The molecule has 1 atom stereocenters. The van der Waals surface area contributed by atoms with E-state index in [2.05, 4.69) is 0 Å². The van der Waals surface area contributed by atoms with Gasteiger partial charge in [0.25, 0.3) is 0 Å². The number of carboxylic acid groups (broad SMARTS) is 1. The van der Waals surface area contributed by atoms with Crippen LogP contribution in [0, 0.1) is 0 Å². The number of rotatable bonds is 5. The lowest BCUT2D eigenvalue weighted by atomic mass is 9.90. The smallest absolute Gasteiger partial charge is 0.324 e. The van der Waals surface area contributed by atoms with Crippen molar-refractivity contribution in [2.45, 2.75) is 63.8 Å². The molecular weight excluding hydrogens is 268 g/mol. The van der Waals surface area contributed by atoms with Crippen molar-refractivity contribution in [2.24, 2.45) is 0 Å². The van der Waals surface area contributed by atoms with E-state index >= 15 is 0 Å². The first-order valence-electron chi connectivity index (χ1n) is 8.36. The van der Waals surface area contributed by atoms with Crippen LogP contribution in [0.2, 0.25) is 0 Å². The summed E-state index contributed by atoms with van der Waals surface area (Å²) in [6.45, 7) is 4.68. The van der Waals surface area contributed by atoms with E-state index in [9.17, 15) is 14.7 Å². The van der Waals surface area contributed by atoms with Crippen molar-refractivity contribution in [2.75, 3.05) is 26.2 Å². The molecule has 0 aromatic rings. The topological polar surface area (TPSA) is 60.9 Å². The highest BCUT2D eigenvalue weighted by Gasteiger charge is 2.47. The molecule has 0 spiro atoms. The number of hydrogen-bond donors (Lipinski definition) is 1. The summed E-state index contributed by atoms with van der Waals surface area (Å²) in [5, 5.41) is 9.67. The van der Waals surface area contributed by atoms with E-state index in [0.717, 1.165) is 45.3 Å². The molecule has 0 saturated carbocycles. The highest BCUT2D eigenvalue weighted by atomic mass is 16.4. The normalized spacial score (nSPS) is 27.6. The number of hydrogen-bond acceptors (Lipinski definition) is 3. The van der Waals surface area contributed by atoms with Crippen LogP contribution < -0.4 is 0 Å². The molecule has 2 heterocycles. The fourth-order valence-electron chi connectivity index (χ4n) is 3.79. The van der Waals surface area contributed by atoms with Crippen molar-refractivity contribution in [3.05, 3.63) is 0 Å². The lowest BCUT2D eigenvalue weighted by Gasteiger charge is -2.35. The van der Waals surface area contributed by atoms with Gasteiger partial charge in [-0.3, -0.25) is 14.5 Å². The second-order valence-corrected chi connectivity index (χ2v) is 6.41. The molecule has 120 valence electrons. The largest absolute Gasteiger partial charge is 0.480 e. The van der Waals surface area contributed by atoms with E-state index in [-0.39, 0.29) is 12.5 Å². The number of likely N-dealkylation sites (tertiary alicyclic amines) is 2. The first kappa shape index (κ1) is 16.3. The molecular formula is C16H28N2O3. The van der Waals surface area contributed by atoms with Crippen LogP contribution in [0.15, 0.2) is 0 Å². The Morgan fingerprint density at radius 1 is 1.05 bits per heavy atom. The Hall–Kier alpha value is -1.10. The average Bonchev–Trinajstić information content (AvgIpc) is 2.69. The van der Waals surface area contributed by atoms with Crippen LogP contribution in [0.3, 0.4) is 0 Å². The average molecular weight is 296 g/mol. The molecule has 21 heavy (non-hydrogen) atoms. The number of amides is 1. The Morgan fingerprint density at radius 3 is 2.29 bits per heavy atom. The standard InChI is InChI=1S/C16H28N2O3/c1-2-8-16(15(20)21)9-7-12-18(16)13-14(19)17-10-5-3-4-6-11-17/h2-13H2,1H3,(H,20,21). The summed E-state index contributed by atoms with van der Waals surface area (Å²) >= 11 is 0. The van der Waals surface area contributed by atoms with Crippen LogP contribution in [0.5, 0.6) is 0 Å². The number of aliphatic carboxylic acids is 1. The fourth-order valence-corrected chi connectivity index (χ4v) is 3.79. The third-order valence-corrected chi connectivity index (χ3v) is 4.97. The van der Waals surface area contributed by atoms with Crippen molar-refractivity contribution in [3.63, 3.8) is 0 Å². The predicted octanol–water partition coefficient (Wildman–Crippen LogP) is 2.11. The molecule has 1 unspecified atom stereocenters. The SMILES string of the molecule is CCCC1(C(=O)O)CCCN1CC(=O)N1CCCCCC1. The Kier molecular flexibility index (Phi) is 5.62. The van der Waals surface area contributed by atoms with Gasteiger partial charge in [0.1, 0.15) is 5.54 Å². The van der Waals surface area contributed by atoms with E-state index in [1.54, 1.807) is 0 Å². The molecule has 5 nitrogen and oxygen atoms in total. The number of nitrogens with zero attached hydrogens (tertiary/aromatic N) is 2. The van der Waals surface area contributed by atoms with Crippen molar-refractivity contribution in [1.82, 2.24) is 9.80 Å². The zero-order valence-corrected chi connectivity index (χ0v) is 13.1. The van der Waals surface area contributed by atoms with Gasteiger partial charge in [0.15, 0.2) is 0 Å². The summed E-state index contributed by atoms with van der Waals surface area (Å²) in [6.07, 6.45) is 7.56. The minimum atomic E-state index is -0.809. The Labute approximate surface area is 127 Å². The van der Waals surface area contributed by atoms with Gasteiger partial charge < -0.3 is 10.0 Å². The Bertz CT molecular complexity index is 378. The lowest BCUT2D eigenvalue weighted by Crippen LogP contribution is -2.54. The molecule has 0 aromatic heterocycles. The maximum Gasteiger partial charge on any atom is 0.324 e. The molecule has 0 bridgehead atoms. The first-order chi connectivity index (χ1) is 10.1. The molecule has 5 heteroatoms. The summed E-state index contributed by atoms with van der Waals surface area (Å²) in [7, 11) is 0. The van der Waals surface area contributed by atoms with Crippen molar-refractivity contribution in [1.29, 1.82) is 0 Å². The van der Waals surface area contributed by atoms with Crippen LogP contribution in [-0.2, 0) is 9.59 Å². The summed E-state index contributed by atoms with van der Waals surface area (Å²) in [6, 6.07) is 0. The molecule has 2 rings (SSSR count). The predicted molar refractivity (Wildman–Crippen MR) is 81.1 cm³/mol. The lowest BCUT2D eigenvalue weighted by molar-refractivity contribution is -0.151.